The van der Waals surface area contributed by atoms with E-state index in [0.717, 1.165) is 13.1 Å². The van der Waals surface area contributed by atoms with Crippen molar-refractivity contribution in [3.63, 3.8) is 0 Å². The summed E-state index contributed by atoms with van der Waals surface area (Å²) in [6, 6.07) is 0. The molecule has 0 atom stereocenters. The number of Topliss-reactive ketones (excluding diaryl/α,β-unsaturated/α-hetero) is 1. The van der Waals surface area contributed by atoms with Crippen LogP contribution in [0.2, 0.25) is 0 Å². The molecular formula is C10H17NO4. The molecule has 86 valence electrons. The largest absolute Gasteiger partial charge is 0.457 e. The molecule has 0 bridgehead atoms. The van der Waals surface area contributed by atoms with Crippen molar-refractivity contribution in [3.8, 4) is 0 Å². The third kappa shape index (κ3) is 4.90. The van der Waals surface area contributed by atoms with Gasteiger partial charge in [0.15, 0.2) is 5.78 Å². The van der Waals surface area contributed by atoms with Gasteiger partial charge < -0.3 is 9.47 Å². The van der Waals surface area contributed by atoms with Gasteiger partial charge in [0.25, 0.3) is 0 Å². The topological polar surface area (TPSA) is 55.8 Å². The molecule has 0 aromatic heterocycles. The van der Waals surface area contributed by atoms with E-state index in [1.54, 1.807) is 6.92 Å². The maximum Gasteiger partial charge on any atom is 0.320 e. The number of hydrogen-bond acceptors (Lipinski definition) is 5. The highest BCUT2D eigenvalue weighted by Crippen LogP contribution is 1.97. The van der Waals surface area contributed by atoms with Crippen LogP contribution in [-0.2, 0) is 19.1 Å². The minimum atomic E-state index is -0.335. The van der Waals surface area contributed by atoms with Gasteiger partial charge in [0.1, 0.15) is 6.61 Å². The van der Waals surface area contributed by atoms with Crippen molar-refractivity contribution in [1.82, 2.24) is 4.90 Å². The average Bonchev–Trinajstić information content (AvgIpc) is 2.27. The lowest BCUT2D eigenvalue weighted by Crippen LogP contribution is -2.40. The van der Waals surface area contributed by atoms with Gasteiger partial charge in [-0.2, -0.15) is 0 Å². The SMILES string of the molecule is CCC(=O)COC(=O)CN1CCOCC1. The Balaban J connectivity index is 2.14. The van der Waals surface area contributed by atoms with Crippen LogP contribution in [0, 0.1) is 0 Å². The highest BCUT2D eigenvalue weighted by atomic mass is 16.5. The highest BCUT2D eigenvalue weighted by molar-refractivity contribution is 5.82. The van der Waals surface area contributed by atoms with Crippen LogP contribution < -0.4 is 0 Å². The normalized spacial score (nSPS) is 17.4. The van der Waals surface area contributed by atoms with Crippen LogP contribution in [0.5, 0.6) is 0 Å². The molecule has 1 heterocycles. The van der Waals surface area contributed by atoms with E-state index in [-0.39, 0.29) is 24.9 Å². The fourth-order valence-electron chi connectivity index (χ4n) is 1.25. The third-order valence-electron chi connectivity index (χ3n) is 2.24. The summed E-state index contributed by atoms with van der Waals surface area (Å²) < 4.78 is 9.98. The Kier molecular flexibility index (Phi) is 5.28. The molecule has 0 spiro atoms. The van der Waals surface area contributed by atoms with Gasteiger partial charge in [0.2, 0.25) is 0 Å². The summed E-state index contributed by atoms with van der Waals surface area (Å²) in [5.41, 5.74) is 0. The van der Waals surface area contributed by atoms with Crippen molar-refractivity contribution in [1.29, 1.82) is 0 Å². The second kappa shape index (κ2) is 6.53. The van der Waals surface area contributed by atoms with Crippen molar-refractivity contribution in [2.24, 2.45) is 0 Å². The van der Waals surface area contributed by atoms with Crippen molar-refractivity contribution in [2.45, 2.75) is 13.3 Å². The molecule has 1 fully saturated rings. The molecular weight excluding hydrogens is 198 g/mol. The number of nitrogens with zero attached hydrogens (tertiary/aromatic N) is 1. The Hall–Kier alpha value is -0.940. The Bertz CT molecular complexity index is 223. The van der Waals surface area contributed by atoms with E-state index in [9.17, 15) is 9.59 Å². The summed E-state index contributed by atoms with van der Waals surface area (Å²) in [6.07, 6.45) is 0.408. The molecule has 0 saturated carbocycles. The van der Waals surface area contributed by atoms with Crippen molar-refractivity contribution in [3.05, 3.63) is 0 Å². The zero-order chi connectivity index (χ0) is 11.1. The first-order valence-corrected chi connectivity index (χ1v) is 5.19. The molecule has 5 heteroatoms. The molecule has 0 aliphatic carbocycles. The second-order valence-corrected chi connectivity index (χ2v) is 3.44. The molecule has 15 heavy (non-hydrogen) atoms. The molecule has 0 amide bonds. The first-order chi connectivity index (χ1) is 7.22. The van der Waals surface area contributed by atoms with Gasteiger partial charge >= 0.3 is 5.97 Å². The lowest BCUT2D eigenvalue weighted by Gasteiger charge is -2.25. The number of ether oxygens (including phenoxy) is 2. The summed E-state index contributed by atoms with van der Waals surface area (Å²) in [5.74, 6) is -0.385. The Labute approximate surface area is 89.3 Å². The quantitative estimate of drug-likeness (QED) is 0.596. The number of ketones is 1. The maximum absolute atomic E-state index is 11.3. The van der Waals surface area contributed by atoms with E-state index in [4.69, 9.17) is 9.47 Å². The molecule has 0 aromatic rings. The maximum atomic E-state index is 11.3. The van der Waals surface area contributed by atoms with Gasteiger partial charge in [0, 0.05) is 19.5 Å². The van der Waals surface area contributed by atoms with Crippen LogP contribution in [0.4, 0.5) is 0 Å². The van der Waals surface area contributed by atoms with Crippen molar-refractivity contribution in [2.75, 3.05) is 39.5 Å². The van der Waals surface area contributed by atoms with Gasteiger partial charge in [-0.05, 0) is 0 Å². The predicted molar refractivity (Wildman–Crippen MR) is 53.5 cm³/mol. The van der Waals surface area contributed by atoms with E-state index in [0.29, 0.717) is 19.6 Å². The summed E-state index contributed by atoms with van der Waals surface area (Å²) in [5, 5.41) is 0. The molecule has 1 aliphatic heterocycles. The summed E-state index contributed by atoms with van der Waals surface area (Å²) >= 11 is 0. The van der Waals surface area contributed by atoms with Gasteiger partial charge in [-0.1, -0.05) is 6.92 Å². The van der Waals surface area contributed by atoms with E-state index < -0.39 is 0 Å². The molecule has 1 aliphatic rings. The minimum absolute atomic E-state index is 0.0506. The van der Waals surface area contributed by atoms with Crippen molar-refractivity contribution < 1.29 is 19.1 Å². The van der Waals surface area contributed by atoms with E-state index in [2.05, 4.69) is 0 Å². The van der Waals surface area contributed by atoms with Crippen LogP contribution >= 0.6 is 0 Å². The number of carbonyl (C=O) groups is 2. The lowest BCUT2D eigenvalue weighted by atomic mass is 10.3. The Morgan fingerprint density at radius 3 is 2.60 bits per heavy atom. The third-order valence-corrected chi connectivity index (χ3v) is 2.24. The van der Waals surface area contributed by atoms with Gasteiger partial charge in [0.05, 0.1) is 19.8 Å². The van der Waals surface area contributed by atoms with Gasteiger partial charge in [-0.25, -0.2) is 0 Å². The van der Waals surface area contributed by atoms with Crippen LogP contribution in [-0.4, -0.2) is 56.1 Å². The minimum Gasteiger partial charge on any atom is -0.457 e. The van der Waals surface area contributed by atoms with Crippen LogP contribution in [0.25, 0.3) is 0 Å². The van der Waals surface area contributed by atoms with Crippen LogP contribution in [0.1, 0.15) is 13.3 Å². The smallest absolute Gasteiger partial charge is 0.320 e. The van der Waals surface area contributed by atoms with E-state index in [1.165, 1.54) is 0 Å². The van der Waals surface area contributed by atoms with Crippen LogP contribution in [0.3, 0.4) is 0 Å². The number of hydrogen-bond donors (Lipinski definition) is 0. The second-order valence-electron chi connectivity index (χ2n) is 3.44. The monoisotopic (exact) mass is 215 g/mol. The summed E-state index contributed by atoms with van der Waals surface area (Å²) in [6.45, 7) is 4.70. The fraction of sp³-hybridized carbons (Fsp3) is 0.800. The fourth-order valence-corrected chi connectivity index (χ4v) is 1.25. The Morgan fingerprint density at radius 2 is 2.00 bits per heavy atom. The summed E-state index contributed by atoms with van der Waals surface area (Å²) in [7, 11) is 0. The first-order valence-electron chi connectivity index (χ1n) is 5.19. The molecule has 1 saturated heterocycles. The van der Waals surface area contributed by atoms with Crippen LogP contribution in [0.15, 0.2) is 0 Å². The first kappa shape index (κ1) is 12.1. The molecule has 0 radical (unpaired) electrons. The predicted octanol–water partition coefficient (Wildman–Crippen LogP) is -0.159. The zero-order valence-electron chi connectivity index (χ0n) is 9.03. The molecule has 5 nitrogen and oxygen atoms in total. The van der Waals surface area contributed by atoms with Crippen molar-refractivity contribution >= 4 is 11.8 Å². The molecule has 0 unspecified atom stereocenters. The number of esters is 1. The van der Waals surface area contributed by atoms with E-state index >= 15 is 0 Å². The number of carbonyl (C=O) groups excluding carboxylic acids is 2. The molecule has 1 rings (SSSR count). The molecule has 0 N–H and O–H groups in total. The molecule has 0 aromatic carbocycles. The Morgan fingerprint density at radius 1 is 1.33 bits per heavy atom. The number of morpholine rings is 1. The average molecular weight is 215 g/mol. The van der Waals surface area contributed by atoms with Gasteiger partial charge in [-0.15, -0.1) is 0 Å². The highest BCUT2D eigenvalue weighted by Gasteiger charge is 2.15. The standard InChI is InChI=1S/C10H17NO4/c1-2-9(12)8-15-10(13)7-11-3-5-14-6-4-11/h2-8H2,1H3. The lowest BCUT2D eigenvalue weighted by molar-refractivity contribution is -0.149. The van der Waals surface area contributed by atoms with E-state index in [1.807, 2.05) is 4.90 Å². The number of rotatable bonds is 5. The zero-order valence-corrected chi connectivity index (χ0v) is 9.03. The van der Waals surface area contributed by atoms with Gasteiger partial charge in [-0.3, -0.25) is 14.5 Å². The summed E-state index contributed by atoms with van der Waals surface area (Å²) in [4.78, 5) is 24.1.